The van der Waals surface area contributed by atoms with Crippen LogP contribution in [0.3, 0.4) is 0 Å². The first-order valence-corrected chi connectivity index (χ1v) is 10.5. The molecule has 0 saturated heterocycles. The molecule has 0 spiro atoms. The average molecular weight is 447 g/mol. The Morgan fingerprint density at radius 2 is 1.59 bits per heavy atom. The monoisotopic (exact) mass is 446 g/mol. The zero-order chi connectivity index (χ0) is 20.6. The fraction of sp³-hybridized carbons (Fsp3) is 0. The number of ether oxygens (including phenoxy) is 1. The SMILES string of the molecule is O=C1C(=Cc2c(Cl)cccc2Cl)Oc2cc(OS(=O)(=O)c3ccccc3)ccc21. The van der Waals surface area contributed by atoms with Crippen LogP contribution in [0.15, 0.2) is 77.4 Å². The van der Waals surface area contributed by atoms with Crippen LogP contribution in [0.5, 0.6) is 11.5 Å². The van der Waals surface area contributed by atoms with E-state index in [1.54, 1.807) is 36.4 Å². The van der Waals surface area contributed by atoms with Crippen molar-refractivity contribution in [3.63, 3.8) is 0 Å². The lowest BCUT2D eigenvalue weighted by Crippen LogP contribution is -2.09. The molecule has 0 atom stereocenters. The van der Waals surface area contributed by atoms with E-state index < -0.39 is 10.1 Å². The van der Waals surface area contributed by atoms with Gasteiger partial charge in [-0.05, 0) is 42.5 Å². The molecular weight excluding hydrogens is 435 g/mol. The van der Waals surface area contributed by atoms with E-state index in [9.17, 15) is 13.2 Å². The van der Waals surface area contributed by atoms with E-state index in [1.165, 1.54) is 36.4 Å². The van der Waals surface area contributed by atoms with Gasteiger partial charge in [-0.3, -0.25) is 4.79 Å². The van der Waals surface area contributed by atoms with Gasteiger partial charge in [-0.1, -0.05) is 47.5 Å². The molecule has 3 aromatic rings. The Bertz CT molecular complexity index is 1230. The molecule has 5 nitrogen and oxygen atoms in total. The normalized spacial score (nSPS) is 14.6. The highest BCUT2D eigenvalue weighted by molar-refractivity contribution is 7.87. The van der Waals surface area contributed by atoms with E-state index in [0.29, 0.717) is 15.6 Å². The summed E-state index contributed by atoms with van der Waals surface area (Å²) in [6, 6.07) is 16.9. The maximum Gasteiger partial charge on any atom is 0.339 e. The highest BCUT2D eigenvalue weighted by atomic mass is 35.5. The fourth-order valence-electron chi connectivity index (χ4n) is 2.76. The van der Waals surface area contributed by atoms with E-state index in [0.717, 1.165) is 0 Å². The minimum atomic E-state index is -4.01. The van der Waals surface area contributed by atoms with Crippen molar-refractivity contribution >= 4 is 45.2 Å². The third kappa shape index (κ3) is 3.87. The number of benzene rings is 3. The molecule has 0 N–H and O–H groups in total. The van der Waals surface area contributed by atoms with Crippen LogP contribution in [-0.2, 0) is 10.1 Å². The summed E-state index contributed by atoms with van der Waals surface area (Å²) < 4.78 is 35.5. The van der Waals surface area contributed by atoms with Gasteiger partial charge >= 0.3 is 10.1 Å². The van der Waals surface area contributed by atoms with Crippen molar-refractivity contribution in [3.8, 4) is 11.5 Å². The molecule has 3 aromatic carbocycles. The van der Waals surface area contributed by atoms with Crippen LogP contribution in [0.25, 0.3) is 6.08 Å². The Kier molecular flexibility index (Phi) is 5.08. The summed E-state index contributed by atoms with van der Waals surface area (Å²) in [7, 11) is -4.01. The largest absolute Gasteiger partial charge is 0.452 e. The number of fused-ring (bicyclic) bond motifs is 1. The number of hydrogen-bond acceptors (Lipinski definition) is 5. The molecule has 29 heavy (non-hydrogen) atoms. The predicted molar refractivity (Wildman–Crippen MR) is 110 cm³/mol. The Morgan fingerprint density at radius 1 is 0.897 bits per heavy atom. The summed E-state index contributed by atoms with van der Waals surface area (Å²) in [4.78, 5) is 12.6. The Labute approximate surface area is 177 Å². The number of ketones is 1. The Morgan fingerprint density at radius 3 is 2.28 bits per heavy atom. The topological polar surface area (TPSA) is 69.7 Å². The lowest BCUT2D eigenvalue weighted by molar-refractivity contribution is 0.101. The van der Waals surface area contributed by atoms with Gasteiger partial charge in [-0.2, -0.15) is 8.42 Å². The zero-order valence-electron chi connectivity index (χ0n) is 14.6. The van der Waals surface area contributed by atoms with Crippen molar-refractivity contribution < 1.29 is 22.1 Å². The molecule has 0 aliphatic carbocycles. The van der Waals surface area contributed by atoms with Gasteiger partial charge in [0, 0.05) is 21.7 Å². The maximum atomic E-state index is 12.6. The molecule has 0 aromatic heterocycles. The van der Waals surface area contributed by atoms with E-state index >= 15 is 0 Å². The van der Waals surface area contributed by atoms with Crippen LogP contribution in [0.2, 0.25) is 10.0 Å². The van der Waals surface area contributed by atoms with E-state index in [2.05, 4.69) is 0 Å². The summed E-state index contributed by atoms with van der Waals surface area (Å²) >= 11 is 12.3. The van der Waals surface area contributed by atoms with Crippen LogP contribution in [-0.4, -0.2) is 14.2 Å². The third-order valence-electron chi connectivity index (χ3n) is 4.15. The molecule has 0 saturated carbocycles. The quantitative estimate of drug-likeness (QED) is 0.397. The summed E-state index contributed by atoms with van der Waals surface area (Å²) in [5.74, 6) is -0.130. The Hall–Kier alpha value is -2.80. The molecule has 0 radical (unpaired) electrons. The van der Waals surface area contributed by atoms with Gasteiger partial charge in [0.1, 0.15) is 16.4 Å². The molecule has 1 heterocycles. The zero-order valence-corrected chi connectivity index (χ0v) is 17.0. The van der Waals surface area contributed by atoms with E-state index in [1.807, 2.05) is 0 Å². The first kappa shape index (κ1) is 19.5. The lowest BCUT2D eigenvalue weighted by atomic mass is 10.1. The maximum absolute atomic E-state index is 12.6. The number of hydrogen-bond donors (Lipinski definition) is 0. The summed E-state index contributed by atoms with van der Waals surface area (Å²) in [5.41, 5.74) is 0.735. The molecule has 0 bridgehead atoms. The number of allylic oxidation sites excluding steroid dienone is 1. The highest BCUT2D eigenvalue weighted by Gasteiger charge is 2.29. The van der Waals surface area contributed by atoms with Gasteiger partial charge < -0.3 is 8.92 Å². The highest BCUT2D eigenvalue weighted by Crippen LogP contribution is 2.37. The first-order chi connectivity index (χ1) is 13.8. The van der Waals surface area contributed by atoms with Gasteiger partial charge in [0.2, 0.25) is 5.78 Å². The molecule has 4 rings (SSSR count). The molecule has 1 aliphatic rings. The van der Waals surface area contributed by atoms with Gasteiger partial charge in [0.15, 0.2) is 5.76 Å². The van der Waals surface area contributed by atoms with Crippen LogP contribution in [0.1, 0.15) is 15.9 Å². The van der Waals surface area contributed by atoms with Crippen molar-refractivity contribution in [2.45, 2.75) is 4.90 Å². The molecule has 0 unspecified atom stereocenters. The van der Waals surface area contributed by atoms with Crippen molar-refractivity contribution in [3.05, 3.63) is 93.7 Å². The Balaban J connectivity index is 1.64. The van der Waals surface area contributed by atoms with E-state index in [4.69, 9.17) is 32.1 Å². The van der Waals surface area contributed by atoms with Gasteiger partial charge in [0.25, 0.3) is 0 Å². The second kappa shape index (κ2) is 7.55. The van der Waals surface area contributed by atoms with Gasteiger partial charge in [-0.15, -0.1) is 0 Å². The fourth-order valence-corrected chi connectivity index (χ4v) is 4.21. The van der Waals surface area contributed by atoms with Crippen molar-refractivity contribution in [1.82, 2.24) is 0 Å². The van der Waals surface area contributed by atoms with Crippen LogP contribution in [0.4, 0.5) is 0 Å². The minimum absolute atomic E-state index is 0.0199. The number of halogens is 2. The number of Topliss-reactive ketones (excluding diaryl/α,β-unsaturated/α-hetero) is 1. The van der Waals surface area contributed by atoms with Crippen molar-refractivity contribution in [2.24, 2.45) is 0 Å². The van der Waals surface area contributed by atoms with Crippen molar-refractivity contribution in [2.75, 3.05) is 0 Å². The second-order valence-corrected chi connectivity index (χ2v) is 8.44. The summed E-state index contributed by atoms with van der Waals surface area (Å²) in [6.45, 7) is 0. The van der Waals surface area contributed by atoms with Crippen LogP contribution >= 0.6 is 23.2 Å². The second-order valence-electron chi connectivity index (χ2n) is 6.08. The molecular formula is C21H12Cl2O5S. The molecule has 0 fully saturated rings. The number of rotatable bonds is 4. The third-order valence-corrected chi connectivity index (χ3v) is 6.07. The van der Waals surface area contributed by atoms with Gasteiger partial charge in [0.05, 0.1) is 5.56 Å². The summed E-state index contributed by atoms with van der Waals surface area (Å²) in [6.07, 6.45) is 1.45. The van der Waals surface area contributed by atoms with Gasteiger partial charge in [-0.25, -0.2) is 0 Å². The average Bonchev–Trinajstić information content (AvgIpc) is 3.00. The smallest absolute Gasteiger partial charge is 0.339 e. The molecule has 146 valence electrons. The van der Waals surface area contributed by atoms with Crippen LogP contribution in [0, 0.1) is 0 Å². The molecule has 1 aliphatic heterocycles. The minimum Gasteiger partial charge on any atom is -0.452 e. The number of carbonyl (C=O) groups excluding carboxylic acids is 1. The molecule has 8 heteroatoms. The van der Waals surface area contributed by atoms with Crippen molar-refractivity contribution in [1.29, 1.82) is 0 Å². The summed E-state index contributed by atoms with van der Waals surface area (Å²) in [5, 5.41) is 0.741. The van der Waals surface area contributed by atoms with Crippen LogP contribution < -0.4 is 8.92 Å². The standard InChI is InChI=1S/C21H12Cl2O5S/c22-17-7-4-8-18(23)16(17)12-20-21(24)15-10-9-13(11-19(15)27-20)28-29(25,26)14-5-2-1-3-6-14/h1-12H. The number of carbonyl (C=O) groups is 1. The molecule has 0 amide bonds. The first-order valence-electron chi connectivity index (χ1n) is 8.37. The van der Waals surface area contributed by atoms with E-state index in [-0.39, 0.29) is 33.5 Å². The predicted octanol–water partition coefficient (Wildman–Crippen LogP) is 5.38. The lowest BCUT2D eigenvalue weighted by Gasteiger charge is -2.07.